The molecule has 0 bridgehead atoms. The molecule has 1 fully saturated rings. The molecule has 0 saturated carbocycles. The summed E-state index contributed by atoms with van der Waals surface area (Å²) in [5, 5.41) is 0. The number of carbonyl (C=O) groups excluding carboxylic acids is 1. The first-order valence-corrected chi connectivity index (χ1v) is 6.76. The van der Waals surface area contributed by atoms with Crippen LogP contribution >= 0.6 is 0 Å². The fraction of sp³-hybridized carbons (Fsp3) is 0.600. The molecule has 3 heteroatoms. The van der Waals surface area contributed by atoms with Crippen LogP contribution in [0, 0.1) is 5.41 Å². The van der Waals surface area contributed by atoms with Crippen molar-refractivity contribution in [3.63, 3.8) is 0 Å². The van der Waals surface area contributed by atoms with Crippen LogP contribution < -0.4 is 4.90 Å². The molecule has 1 aliphatic rings. The third-order valence-corrected chi connectivity index (χ3v) is 4.30. The van der Waals surface area contributed by atoms with E-state index in [2.05, 4.69) is 23.7 Å². The first kappa shape index (κ1) is 13.1. The predicted molar refractivity (Wildman–Crippen MR) is 74.1 cm³/mol. The third-order valence-electron chi connectivity index (χ3n) is 4.30. The Labute approximate surface area is 109 Å². The molecule has 0 radical (unpaired) electrons. The largest absolute Gasteiger partial charge is 0.357 e. The molecule has 2 rings (SSSR count). The fourth-order valence-corrected chi connectivity index (χ4v) is 2.41. The lowest BCUT2D eigenvalue weighted by Gasteiger charge is -2.39. The Hall–Kier alpha value is -1.38. The Bertz CT molecular complexity index is 417. The second-order valence-corrected chi connectivity index (χ2v) is 5.61. The van der Waals surface area contributed by atoms with Crippen LogP contribution in [0.1, 0.15) is 50.4 Å². The van der Waals surface area contributed by atoms with Gasteiger partial charge < -0.3 is 4.90 Å². The van der Waals surface area contributed by atoms with Crippen molar-refractivity contribution in [1.82, 2.24) is 4.98 Å². The van der Waals surface area contributed by atoms with Gasteiger partial charge in [0.2, 0.25) is 0 Å². The van der Waals surface area contributed by atoms with E-state index in [-0.39, 0.29) is 5.78 Å². The summed E-state index contributed by atoms with van der Waals surface area (Å²) in [5.74, 6) is 1.07. The molecule has 0 amide bonds. The van der Waals surface area contributed by atoms with E-state index in [1.165, 1.54) is 19.3 Å². The van der Waals surface area contributed by atoms with Gasteiger partial charge in [-0.05, 0) is 37.3 Å². The number of anilines is 1. The van der Waals surface area contributed by atoms with Crippen molar-refractivity contribution >= 4 is 11.6 Å². The number of Topliss-reactive ketones (excluding diaryl/α,β-unsaturated/α-hetero) is 1. The number of rotatable bonds is 3. The monoisotopic (exact) mass is 246 g/mol. The SMILES string of the molecule is CCC1(C)CCN(c2ccc(C(C)=O)cn2)CC1. The highest BCUT2D eigenvalue weighted by molar-refractivity contribution is 5.93. The highest BCUT2D eigenvalue weighted by Gasteiger charge is 2.28. The summed E-state index contributed by atoms with van der Waals surface area (Å²) in [4.78, 5) is 17.9. The Morgan fingerprint density at radius 1 is 1.39 bits per heavy atom. The first-order chi connectivity index (χ1) is 8.54. The van der Waals surface area contributed by atoms with Crippen LogP contribution in [0.25, 0.3) is 0 Å². The summed E-state index contributed by atoms with van der Waals surface area (Å²) in [6.45, 7) is 8.35. The van der Waals surface area contributed by atoms with Crippen LogP contribution in [0.3, 0.4) is 0 Å². The molecule has 1 aromatic rings. The van der Waals surface area contributed by atoms with Gasteiger partial charge in [0.15, 0.2) is 5.78 Å². The number of nitrogens with zero attached hydrogens (tertiary/aromatic N) is 2. The number of aromatic nitrogens is 1. The Morgan fingerprint density at radius 3 is 2.50 bits per heavy atom. The molecular formula is C15H22N2O. The first-order valence-electron chi connectivity index (χ1n) is 6.76. The minimum atomic E-state index is 0.0752. The number of carbonyl (C=O) groups is 1. The van der Waals surface area contributed by atoms with E-state index in [9.17, 15) is 4.79 Å². The minimum absolute atomic E-state index is 0.0752. The normalized spacial score (nSPS) is 18.7. The molecule has 1 aliphatic heterocycles. The number of hydrogen-bond acceptors (Lipinski definition) is 3. The van der Waals surface area contributed by atoms with Crippen molar-refractivity contribution in [1.29, 1.82) is 0 Å². The molecule has 0 aliphatic carbocycles. The minimum Gasteiger partial charge on any atom is -0.357 e. The smallest absolute Gasteiger partial charge is 0.161 e. The maximum atomic E-state index is 11.2. The van der Waals surface area contributed by atoms with Crippen molar-refractivity contribution in [2.75, 3.05) is 18.0 Å². The van der Waals surface area contributed by atoms with Crippen LogP contribution in [0.2, 0.25) is 0 Å². The van der Waals surface area contributed by atoms with Crippen LogP contribution in [-0.2, 0) is 0 Å². The highest BCUT2D eigenvalue weighted by atomic mass is 16.1. The third kappa shape index (κ3) is 2.71. The van der Waals surface area contributed by atoms with Gasteiger partial charge in [0.05, 0.1) is 0 Å². The van der Waals surface area contributed by atoms with Crippen molar-refractivity contribution in [2.24, 2.45) is 5.41 Å². The summed E-state index contributed by atoms with van der Waals surface area (Å²) >= 11 is 0. The molecule has 3 nitrogen and oxygen atoms in total. The van der Waals surface area contributed by atoms with E-state index in [1.54, 1.807) is 13.1 Å². The lowest BCUT2D eigenvalue weighted by molar-refractivity contribution is 0.101. The molecule has 1 aromatic heterocycles. The van der Waals surface area contributed by atoms with E-state index < -0.39 is 0 Å². The summed E-state index contributed by atoms with van der Waals surface area (Å²) in [7, 11) is 0. The average Bonchev–Trinajstić information content (AvgIpc) is 2.40. The zero-order chi connectivity index (χ0) is 13.2. The summed E-state index contributed by atoms with van der Waals surface area (Å²) in [6.07, 6.45) is 5.38. The van der Waals surface area contributed by atoms with Crippen molar-refractivity contribution < 1.29 is 4.79 Å². The lowest BCUT2D eigenvalue weighted by atomic mass is 9.78. The van der Waals surface area contributed by atoms with Crippen LogP contribution in [0.15, 0.2) is 18.3 Å². The van der Waals surface area contributed by atoms with Crippen molar-refractivity contribution in [2.45, 2.75) is 40.0 Å². The lowest BCUT2D eigenvalue weighted by Crippen LogP contribution is -2.38. The van der Waals surface area contributed by atoms with Gasteiger partial charge >= 0.3 is 0 Å². The zero-order valence-electron chi connectivity index (χ0n) is 11.6. The van der Waals surface area contributed by atoms with Gasteiger partial charge in [0, 0.05) is 24.8 Å². The van der Waals surface area contributed by atoms with Gasteiger partial charge in [-0.2, -0.15) is 0 Å². The molecule has 0 spiro atoms. The average molecular weight is 246 g/mol. The van der Waals surface area contributed by atoms with E-state index >= 15 is 0 Å². The number of piperidine rings is 1. The topological polar surface area (TPSA) is 33.2 Å². The Balaban J connectivity index is 2.03. The molecule has 0 N–H and O–H groups in total. The predicted octanol–water partition coefficient (Wildman–Crippen LogP) is 3.30. The molecule has 0 atom stereocenters. The van der Waals surface area contributed by atoms with E-state index in [4.69, 9.17) is 0 Å². The Kier molecular flexibility index (Phi) is 3.69. The second-order valence-electron chi connectivity index (χ2n) is 5.61. The molecule has 0 aromatic carbocycles. The van der Waals surface area contributed by atoms with Gasteiger partial charge in [0.1, 0.15) is 5.82 Å². The summed E-state index contributed by atoms with van der Waals surface area (Å²) in [6, 6.07) is 3.84. The van der Waals surface area contributed by atoms with Crippen molar-refractivity contribution in [3.8, 4) is 0 Å². The summed E-state index contributed by atoms with van der Waals surface area (Å²) < 4.78 is 0. The molecule has 2 heterocycles. The van der Waals surface area contributed by atoms with Gasteiger partial charge in [-0.15, -0.1) is 0 Å². The van der Waals surface area contributed by atoms with Crippen LogP contribution in [-0.4, -0.2) is 23.9 Å². The van der Waals surface area contributed by atoms with Gasteiger partial charge in [-0.25, -0.2) is 4.98 Å². The number of pyridine rings is 1. The quantitative estimate of drug-likeness (QED) is 0.767. The molecule has 98 valence electrons. The van der Waals surface area contributed by atoms with Gasteiger partial charge in [-0.3, -0.25) is 4.79 Å². The molecule has 1 saturated heterocycles. The molecule has 0 unspecified atom stereocenters. The van der Waals surface area contributed by atoms with Crippen molar-refractivity contribution in [3.05, 3.63) is 23.9 Å². The standard InChI is InChI=1S/C15H22N2O/c1-4-15(3)7-9-17(10-8-15)14-6-5-13(11-16-14)12(2)18/h5-6,11H,4,7-10H2,1-3H3. The van der Waals surface area contributed by atoms with Gasteiger partial charge in [0.25, 0.3) is 0 Å². The van der Waals surface area contributed by atoms with E-state index in [1.807, 2.05) is 12.1 Å². The van der Waals surface area contributed by atoms with Crippen LogP contribution in [0.5, 0.6) is 0 Å². The Morgan fingerprint density at radius 2 is 2.06 bits per heavy atom. The molecule has 18 heavy (non-hydrogen) atoms. The fourth-order valence-electron chi connectivity index (χ4n) is 2.41. The second kappa shape index (κ2) is 5.09. The van der Waals surface area contributed by atoms with Gasteiger partial charge in [-0.1, -0.05) is 20.3 Å². The number of hydrogen-bond donors (Lipinski definition) is 0. The van der Waals surface area contributed by atoms with E-state index in [0.717, 1.165) is 18.9 Å². The highest BCUT2D eigenvalue weighted by Crippen LogP contribution is 2.35. The maximum Gasteiger partial charge on any atom is 0.161 e. The zero-order valence-corrected chi connectivity index (χ0v) is 11.6. The number of ketones is 1. The molecular weight excluding hydrogens is 224 g/mol. The van der Waals surface area contributed by atoms with E-state index in [0.29, 0.717) is 11.0 Å². The summed E-state index contributed by atoms with van der Waals surface area (Å²) in [5.41, 5.74) is 1.18. The van der Waals surface area contributed by atoms with Crippen LogP contribution in [0.4, 0.5) is 5.82 Å². The maximum absolute atomic E-state index is 11.2.